The highest BCUT2D eigenvalue weighted by atomic mass is 16.6. The topological polar surface area (TPSA) is 111 Å². The SMILES string of the molecule is C=C(C)[C@H](C(=O)OC)N1C(=O)[C@@H](NC(=O)OC(C)(C)C)[C@@H]1OC(C)=O. The molecule has 0 radical (unpaired) electrons. The highest BCUT2D eigenvalue weighted by Gasteiger charge is 2.56. The number of methoxy groups -OCH3 is 1. The number of nitrogens with one attached hydrogen (secondary N) is 1. The molecule has 1 heterocycles. The van der Waals surface area contributed by atoms with Gasteiger partial charge in [-0.1, -0.05) is 6.58 Å². The summed E-state index contributed by atoms with van der Waals surface area (Å²) in [6.45, 7) is 11.3. The summed E-state index contributed by atoms with van der Waals surface area (Å²) in [4.78, 5) is 48.6. The third-order valence-electron chi connectivity index (χ3n) is 3.21. The summed E-state index contributed by atoms with van der Waals surface area (Å²) < 4.78 is 14.8. The molecule has 1 fully saturated rings. The second-order valence-corrected chi connectivity index (χ2v) is 6.64. The third-order valence-corrected chi connectivity index (χ3v) is 3.21. The Morgan fingerprint density at radius 3 is 2.20 bits per heavy atom. The van der Waals surface area contributed by atoms with Gasteiger partial charge in [0.1, 0.15) is 5.60 Å². The number of hydrogen-bond acceptors (Lipinski definition) is 7. The maximum Gasteiger partial charge on any atom is 0.408 e. The van der Waals surface area contributed by atoms with E-state index in [-0.39, 0.29) is 0 Å². The van der Waals surface area contributed by atoms with Crippen LogP contribution in [0.15, 0.2) is 12.2 Å². The molecule has 25 heavy (non-hydrogen) atoms. The van der Waals surface area contributed by atoms with Crippen LogP contribution in [0.5, 0.6) is 0 Å². The van der Waals surface area contributed by atoms with Crippen LogP contribution in [0.4, 0.5) is 4.79 Å². The average Bonchev–Trinajstić information content (AvgIpc) is 2.45. The lowest BCUT2D eigenvalue weighted by molar-refractivity contribution is -0.197. The fourth-order valence-corrected chi connectivity index (χ4v) is 2.29. The number of esters is 2. The molecule has 0 bridgehead atoms. The molecule has 0 unspecified atom stereocenters. The Balaban J connectivity index is 3.00. The van der Waals surface area contributed by atoms with Crippen LogP contribution < -0.4 is 5.32 Å². The molecule has 1 aliphatic heterocycles. The van der Waals surface area contributed by atoms with Crippen molar-refractivity contribution in [2.24, 2.45) is 0 Å². The first-order valence-corrected chi connectivity index (χ1v) is 7.61. The number of carbonyl (C=O) groups excluding carboxylic acids is 4. The molecule has 0 aromatic heterocycles. The van der Waals surface area contributed by atoms with Gasteiger partial charge in [-0.05, 0) is 33.3 Å². The summed E-state index contributed by atoms with van der Waals surface area (Å²) in [6.07, 6.45) is -2.01. The van der Waals surface area contributed by atoms with E-state index in [1.165, 1.54) is 14.0 Å². The Hall–Kier alpha value is -2.58. The largest absolute Gasteiger partial charge is 0.467 e. The lowest BCUT2D eigenvalue weighted by atomic mass is 9.97. The van der Waals surface area contributed by atoms with E-state index in [0.29, 0.717) is 5.57 Å². The zero-order valence-electron chi connectivity index (χ0n) is 15.2. The zero-order chi connectivity index (χ0) is 19.5. The third kappa shape index (κ3) is 4.94. The molecule has 9 nitrogen and oxygen atoms in total. The summed E-state index contributed by atoms with van der Waals surface area (Å²) in [5.41, 5.74) is -0.437. The van der Waals surface area contributed by atoms with E-state index in [4.69, 9.17) is 9.47 Å². The Morgan fingerprint density at radius 1 is 1.24 bits per heavy atom. The lowest BCUT2D eigenvalue weighted by Gasteiger charge is -2.48. The van der Waals surface area contributed by atoms with E-state index in [9.17, 15) is 19.2 Å². The van der Waals surface area contributed by atoms with Crippen molar-refractivity contribution in [2.75, 3.05) is 7.11 Å². The summed E-state index contributed by atoms with van der Waals surface area (Å²) in [5, 5.41) is 2.35. The first kappa shape index (κ1) is 20.5. The van der Waals surface area contributed by atoms with E-state index in [2.05, 4.69) is 16.6 Å². The van der Waals surface area contributed by atoms with Crippen molar-refractivity contribution in [2.45, 2.75) is 58.5 Å². The Bertz CT molecular complexity index is 594. The van der Waals surface area contributed by atoms with Crippen molar-refractivity contribution in [3.05, 3.63) is 12.2 Å². The maximum atomic E-state index is 12.4. The van der Waals surface area contributed by atoms with E-state index in [1.54, 1.807) is 20.8 Å². The molecule has 2 amide bonds. The van der Waals surface area contributed by atoms with Crippen LogP contribution in [-0.4, -0.2) is 59.9 Å². The van der Waals surface area contributed by atoms with Crippen molar-refractivity contribution < 1.29 is 33.4 Å². The number of likely N-dealkylation sites (tertiary alicyclic amines) is 1. The number of carbonyl (C=O) groups is 4. The number of nitrogens with zero attached hydrogens (tertiary/aromatic N) is 1. The summed E-state index contributed by atoms with van der Waals surface area (Å²) in [6, 6.07) is -2.29. The molecular formula is C16H24N2O7. The molecule has 0 saturated carbocycles. The Kier molecular flexibility index (Phi) is 6.17. The molecule has 1 saturated heterocycles. The van der Waals surface area contributed by atoms with Gasteiger partial charge in [-0.25, -0.2) is 9.59 Å². The number of amides is 2. The molecule has 9 heteroatoms. The van der Waals surface area contributed by atoms with E-state index >= 15 is 0 Å². The Morgan fingerprint density at radius 2 is 1.80 bits per heavy atom. The van der Waals surface area contributed by atoms with E-state index in [1.807, 2.05) is 0 Å². The van der Waals surface area contributed by atoms with Crippen LogP contribution in [0.1, 0.15) is 34.6 Å². The van der Waals surface area contributed by atoms with Crippen LogP contribution in [0, 0.1) is 0 Å². The first-order valence-electron chi connectivity index (χ1n) is 7.61. The molecule has 0 spiro atoms. The molecule has 3 atom stereocenters. The minimum atomic E-state index is -1.17. The van der Waals surface area contributed by atoms with Crippen LogP contribution in [0.25, 0.3) is 0 Å². The molecule has 0 aromatic rings. The predicted molar refractivity (Wildman–Crippen MR) is 86.2 cm³/mol. The highest BCUT2D eigenvalue weighted by molar-refractivity contribution is 5.96. The molecule has 1 N–H and O–H groups in total. The minimum absolute atomic E-state index is 0.327. The van der Waals surface area contributed by atoms with Crippen LogP contribution >= 0.6 is 0 Å². The van der Waals surface area contributed by atoms with E-state index in [0.717, 1.165) is 11.8 Å². The lowest BCUT2D eigenvalue weighted by Crippen LogP contribution is -2.75. The number of hydrogen-bond donors (Lipinski definition) is 1. The van der Waals surface area contributed by atoms with Crippen molar-refractivity contribution in [1.82, 2.24) is 10.2 Å². The molecule has 1 rings (SSSR count). The fourth-order valence-electron chi connectivity index (χ4n) is 2.29. The van der Waals surface area contributed by atoms with Crippen molar-refractivity contribution in [1.29, 1.82) is 0 Å². The second kappa shape index (κ2) is 7.54. The van der Waals surface area contributed by atoms with Crippen molar-refractivity contribution in [3.8, 4) is 0 Å². The van der Waals surface area contributed by atoms with E-state index < -0.39 is 47.9 Å². The number of rotatable bonds is 5. The van der Waals surface area contributed by atoms with Gasteiger partial charge in [-0.3, -0.25) is 14.5 Å². The van der Waals surface area contributed by atoms with Gasteiger partial charge in [-0.15, -0.1) is 0 Å². The monoisotopic (exact) mass is 356 g/mol. The summed E-state index contributed by atoms with van der Waals surface area (Å²) >= 11 is 0. The summed E-state index contributed by atoms with van der Waals surface area (Å²) in [7, 11) is 1.17. The van der Waals surface area contributed by atoms with Gasteiger partial charge in [0.2, 0.25) is 6.23 Å². The fraction of sp³-hybridized carbons (Fsp3) is 0.625. The Labute approximate surface area is 146 Å². The first-order chi connectivity index (χ1) is 11.4. The maximum absolute atomic E-state index is 12.4. The second-order valence-electron chi connectivity index (χ2n) is 6.64. The quantitative estimate of drug-likeness (QED) is 0.334. The molecule has 0 aromatic carbocycles. The van der Waals surface area contributed by atoms with Gasteiger partial charge in [0.05, 0.1) is 7.11 Å². The van der Waals surface area contributed by atoms with Gasteiger partial charge in [0.15, 0.2) is 12.1 Å². The average molecular weight is 356 g/mol. The van der Waals surface area contributed by atoms with Gasteiger partial charge < -0.3 is 19.5 Å². The standard InChI is InChI=1S/C16H24N2O7/c1-8(2)11(14(21)23-7)18-12(20)10(13(18)24-9(3)19)17-15(22)25-16(4,5)6/h10-11,13H,1H2,2-7H3,(H,17,22)/t10-,11-,13+/m1/s1. The minimum Gasteiger partial charge on any atom is -0.467 e. The molecular weight excluding hydrogens is 332 g/mol. The number of ether oxygens (including phenoxy) is 3. The van der Waals surface area contributed by atoms with Gasteiger partial charge in [0.25, 0.3) is 5.91 Å². The predicted octanol–water partition coefficient (Wildman–Crippen LogP) is 0.729. The number of alkyl carbamates (subject to hydrolysis) is 1. The van der Waals surface area contributed by atoms with Crippen molar-refractivity contribution in [3.63, 3.8) is 0 Å². The van der Waals surface area contributed by atoms with Crippen LogP contribution in [0.2, 0.25) is 0 Å². The normalized spacial score (nSPS) is 20.9. The molecule has 0 aliphatic carbocycles. The molecule has 1 aliphatic rings. The van der Waals surface area contributed by atoms with Gasteiger partial charge >= 0.3 is 18.0 Å². The summed E-state index contributed by atoms with van der Waals surface area (Å²) in [5.74, 6) is -2.02. The number of β-lactam (4-membered cyclic amide) rings is 1. The van der Waals surface area contributed by atoms with Gasteiger partial charge in [0, 0.05) is 6.92 Å². The van der Waals surface area contributed by atoms with Crippen molar-refractivity contribution >= 4 is 23.9 Å². The smallest absolute Gasteiger partial charge is 0.408 e. The molecule has 140 valence electrons. The highest BCUT2D eigenvalue weighted by Crippen LogP contribution is 2.28. The van der Waals surface area contributed by atoms with Gasteiger partial charge in [-0.2, -0.15) is 0 Å². The van der Waals surface area contributed by atoms with Crippen LogP contribution in [-0.2, 0) is 28.6 Å². The van der Waals surface area contributed by atoms with Crippen LogP contribution in [0.3, 0.4) is 0 Å². The zero-order valence-corrected chi connectivity index (χ0v) is 15.2.